The van der Waals surface area contributed by atoms with Crippen molar-refractivity contribution in [2.24, 2.45) is 0 Å². The SMILES string of the molecule is CC1(c2ccccc2)NC(=O)N(NC(=O)Cc2ccc(Cl)cc2)C1=O. The van der Waals surface area contributed by atoms with E-state index in [1.165, 1.54) is 0 Å². The van der Waals surface area contributed by atoms with E-state index >= 15 is 0 Å². The first-order valence-corrected chi connectivity index (χ1v) is 8.04. The lowest BCUT2D eigenvalue weighted by atomic mass is 9.92. The number of carbonyl (C=O) groups is 3. The smallest absolute Gasteiger partial charge is 0.318 e. The molecular formula is C18H16ClN3O3. The second kappa shape index (κ2) is 6.57. The Morgan fingerprint density at radius 2 is 1.76 bits per heavy atom. The minimum Gasteiger partial charge on any atom is -0.318 e. The van der Waals surface area contributed by atoms with Crippen molar-refractivity contribution in [1.82, 2.24) is 15.8 Å². The first-order valence-electron chi connectivity index (χ1n) is 7.66. The topological polar surface area (TPSA) is 78.5 Å². The van der Waals surface area contributed by atoms with Gasteiger partial charge in [-0.25, -0.2) is 4.79 Å². The Kier molecular flexibility index (Phi) is 4.46. The molecule has 1 heterocycles. The number of halogens is 1. The second-order valence-corrected chi connectivity index (χ2v) is 6.34. The molecule has 2 N–H and O–H groups in total. The van der Waals surface area contributed by atoms with Crippen LogP contribution in [0.3, 0.4) is 0 Å². The number of benzene rings is 2. The van der Waals surface area contributed by atoms with E-state index in [4.69, 9.17) is 11.6 Å². The van der Waals surface area contributed by atoms with E-state index in [0.29, 0.717) is 10.6 Å². The predicted octanol–water partition coefficient (Wildman–Crippen LogP) is 2.38. The van der Waals surface area contributed by atoms with Crippen molar-refractivity contribution in [1.29, 1.82) is 0 Å². The summed E-state index contributed by atoms with van der Waals surface area (Å²) in [5.74, 6) is -1.00. The van der Waals surface area contributed by atoms with Crippen LogP contribution >= 0.6 is 11.6 Å². The third-order valence-electron chi connectivity index (χ3n) is 4.06. The lowest BCUT2D eigenvalue weighted by Gasteiger charge is -2.22. The summed E-state index contributed by atoms with van der Waals surface area (Å²) >= 11 is 5.81. The maximum Gasteiger partial charge on any atom is 0.344 e. The van der Waals surface area contributed by atoms with Crippen molar-refractivity contribution < 1.29 is 14.4 Å². The molecule has 2 aromatic carbocycles. The van der Waals surface area contributed by atoms with Crippen molar-refractivity contribution in [2.75, 3.05) is 0 Å². The van der Waals surface area contributed by atoms with Gasteiger partial charge in [0.25, 0.3) is 5.91 Å². The summed E-state index contributed by atoms with van der Waals surface area (Å²) in [6, 6.07) is 15.0. The van der Waals surface area contributed by atoms with E-state index in [-0.39, 0.29) is 6.42 Å². The first-order chi connectivity index (χ1) is 11.9. The highest BCUT2D eigenvalue weighted by Crippen LogP contribution is 2.27. The lowest BCUT2D eigenvalue weighted by molar-refractivity contribution is -0.138. The van der Waals surface area contributed by atoms with Gasteiger partial charge in [-0.15, -0.1) is 0 Å². The van der Waals surface area contributed by atoms with Crippen molar-refractivity contribution >= 4 is 29.4 Å². The minimum absolute atomic E-state index is 0.0241. The summed E-state index contributed by atoms with van der Waals surface area (Å²) in [6.45, 7) is 1.61. The van der Waals surface area contributed by atoms with Crippen LogP contribution in [0, 0.1) is 0 Å². The summed E-state index contributed by atoms with van der Waals surface area (Å²) < 4.78 is 0. The van der Waals surface area contributed by atoms with E-state index in [1.54, 1.807) is 55.5 Å². The van der Waals surface area contributed by atoms with E-state index in [2.05, 4.69) is 10.7 Å². The van der Waals surface area contributed by atoms with Crippen molar-refractivity contribution in [2.45, 2.75) is 18.9 Å². The van der Waals surface area contributed by atoms with Gasteiger partial charge in [0.05, 0.1) is 6.42 Å². The van der Waals surface area contributed by atoms with Crippen LogP contribution in [0.5, 0.6) is 0 Å². The van der Waals surface area contributed by atoms with Gasteiger partial charge < -0.3 is 5.32 Å². The fourth-order valence-electron chi connectivity index (χ4n) is 2.66. The van der Waals surface area contributed by atoms with Crippen LogP contribution in [-0.2, 0) is 21.5 Å². The second-order valence-electron chi connectivity index (χ2n) is 5.90. The maximum absolute atomic E-state index is 12.7. The molecule has 0 spiro atoms. The molecule has 1 atom stereocenters. The summed E-state index contributed by atoms with van der Waals surface area (Å²) in [5.41, 5.74) is 2.51. The Morgan fingerprint density at radius 1 is 1.12 bits per heavy atom. The minimum atomic E-state index is -1.22. The molecule has 128 valence electrons. The highest BCUT2D eigenvalue weighted by Gasteiger charge is 2.49. The molecule has 1 saturated heterocycles. The molecule has 1 fully saturated rings. The summed E-state index contributed by atoms with van der Waals surface area (Å²) in [7, 11) is 0. The van der Waals surface area contributed by atoms with Gasteiger partial charge in [-0.1, -0.05) is 54.1 Å². The molecule has 0 aliphatic carbocycles. The van der Waals surface area contributed by atoms with Crippen LogP contribution in [0.4, 0.5) is 4.79 Å². The lowest BCUT2D eigenvalue weighted by Crippen LogP contribution is -2.48. The van der Waals surface area contributed by atoms with Crippen molar-refractivity contribution in [3.05, 3.63) is 70.7 Å². The number of hydrogen-bond acceptors (Lipinski definition) is 3. The normalized spacial score (nSPS) is 19.7. The third-order valence-corrected chi connectivity index (χ3v) is 4.31. The van der Waals surface area contributed by atoms with Gasteiger partial charge in [0.1, 0.15) is 5.54 Å². The quantitative estimate of drug-likeness (QED) is 0.825. The van der Waals surface area contributed by atoms with Crippen LogP contribution in [0.2, 0.25) is 5.02 Å². The first kappa shape index (κ1) is 17.0. The Labute approximate surface area is 149 Å². The molecular weight excluding hydrogens is 342 g/mol. The number of urea groups is 1. The molecule has 0 radical (unpaired) electrons. The summed E-state index contributed by atoms with van der Waals surface area (Å²) in [5, 5.41) is 3.92. The molecule has 6 nitrogen and oxygen atoms in total. The molecule has 7 heteroatoms. The highest BCUT2D eigenvalue weighted by atomic mass is 35.5. The third kappa shape index (κ3) is 3.34. The zero-order valence-electron chi connectivity index (χ0n) is 13.5. The van der Waals surface area contributed by atoms with Gasteiger partial charge in [0.15, 0.2) is 0 Å². The van der Waals surface area contributed by atoms with Crippen LogP contribution < -0.4 is 10.7 Å². The van der Waals surface area contributed by atoms with E-state index in [1.807, 2.05) is 6.07 Å². The number of nitrogens with zero attached hydrogens (tertiary/aromatic N) is 1. The van der Waals surface area contributed by atoms with Crippen molar-refractivity contribution in [3.63, 3.8) is 0 Å². The molecule has 4 amide bonds. The highest BCUT2D eigenvalue weighted by molar-refractivity contribution is 6.30. The zero-order chi connectivity index (χ0) is 18.0. The molecule has 1 aliphatic heterocycles. The summed E-state index contributed by atoms with van der Waals surface area (Å²) in [6.07, 6.45) is 0.0241. The van der Waals surface area contributed by atoms with E-state index in [0.717, 1.165) is 10.6 Å². The maximum atomic E-state index is 12.7. The zero-order valence-corrected chi connectivity index (χ0v) is 14.2. The van der Waals surface area contributed by atoms with E-state index < -0.39 is 23.4 Å². The monoisotopic (exact) mass is 357 g/mol. The van der Waals surface area contributed by atoms with Crippen molar-refractivity contribution in [3.8, 4) is 0 Å². The molecule has 0 aromatic heterocycles. The Morgan fingerprint density at radius 3 is 2.40 bits per heavy atom. The molecule has 2 aromatic rings. The largest absolute Gasteiger partial charge is 0.344 e. The summed E-state index contributed by atoms with van der Waals surface area (Å²) in [4.78, 5) is 37.0. The van der Waals surface area contributed by atoms with Crippen LogP contribution in [-0.4, -0.2) is 22.9 Å². The van der Waals surface area contributed by atoms with Gasteiger partial charge in [-0.05, 0) is 30.2 Å². The molecule has 0 bridgehead atoms. The predicted molar refractivity (Wildman–Crippen MR) is 92.5 cm³/mol. The molecule has 3 rings (SSSR count). The molecule has 1 aliphatic rings. The number of imide groups is 1. The Balaban J connectivity index is 1.72. The Hall–Kier alpha value is -2.86. The van der Waals surface area contributed by atoms with Gasteiger partial charge in [-0.3, -0.25) is 15.0 Å². The van der Waals surface area contributed by atoms with Gasteiger partial charge in [-0.2, -0.15) is 5.01 Å². The average Bonchev–Trinajstić information content (AvgIpc) is 2.82. The standard InChI is InChI=1S/C18H16ClN3O3/c1-18(13-5-3-2-4-6-13)16(24)22(17(25)20-18)21-15(23)11-12-7-9-14(19)10-8-12/h2-10H,11H2,1H3,(H,20,25)(H,21,23). The number of hydrogen-bond donors (Lipinski definition) is 2. The number of nitrogens with one attached hydrogen (secondary N) is 2. The fourth-order valence-corrected chi connectivity index (χ4v) is 2.79. The van der Waals surface area contributed by atoms with Crippen LogP contribution in [0.15, 0.2) is 54.6 Å². The van der Waals surface area contributed by atoms with E-state index in [9.17, 15) is 14.4 Å². The van der Waals surface area contributed by atoms with Gasteiger partial charge >= 0.3 is 6.03 Å². The number of amides is 4. The molecule has 0 saturated carbocycles. The fraction of sp³-hybridized carbons (Fsp3) is 0.167. The van der Waals surface area contributed by atoms with Gasteiger partial charge in [0, 0.05) is 5.02 Å². The average molecular weight is 358 g/mol. The molecule has 1 unspecified atom stereocenters. The number of hydrazine groups is 1. The van der Waals surface area contributed by atoms with Crippen LogP contribution in [0.25, 0.3) is 0 Å². The Bertz CT molecular complexity index is 823. The number of carbonyl (C=O) groups excluding carboxylic acids is 3. The van der Waals surface area contributed by atoms with Gasteiger partial charge in [0.2, 0.25) is 5.91 Å². The number of rotatable bonds is 4. The van der Waals surface area contributed by atoms with Crippen LogP contribution in [0.1, 0.15) is 18.1 Å². The molecule has 25 heavy (non-hydrogen) atoms.